The first-order valence-electron chi connectivity index (χ1n) is 15.8. The number of esters is 1. The summed E-state index contributed by atoms with van der Waals surface area (Å²) < 4.78 is 52.1. The number of piperidine rings is 1. The standard InChI is InChI=1S/C31H41ClFNO4/c1-2-3-4-5-6-7-8-11-30(36)38-31(26-14-16-27(32)17-15-26)20-23-34(37,24-21-31)22-9-10-29(35)25-12-18-28(33)19-13-25/h12-19H,2-11,20-24H2,1H3/i14D,15D,16D,17D. The second-order valence-electron chi connectivity index (χ2n) is 10.3. The third-order valence-corrected chi connectivity index (χ3v) is 7.51. The molecule has 0 bridgehead atoms. The number of hydrogen-bond acceptors (Lipinski definition) is 4. The van der Waals surface area contributed by atoms with Crippen LogP contribution in [0.15, 0.2) is 48.4 Å². The highest BCUT2D eigenvalue weighted by Crippen LogP contribution is 2.40. The summed E-state index contributed by atoms with van der Waals surface area (Å²) in [5.74, 6) is -1.11. The Balaban J connectivity index is 1.71. The van der Waals surface area contributed by atoms with E-state index in [-0.39, 0.29) is 73.8 Å². The lowest BCUT2D eigenvalue weighted by Crippen LogP contribution is -2.54. The Labute approximate surface area is 237 Å². The van der Waals surface area contributed by atoms with Gasteiger partial charge in [0.25, 0.3) is 0 Å². The minimum Gasteiger partial charge on any atom is -0.633 e. The average Bonchev–Trinajstić information content (AvgIpc) is 2.96. The maximum Gasteiger partial charge on any atom is 0.306 e. The number of hydroxylamine groups is 3. The Morgan fingerprint density at radius 3 is 2.21 bits per heavy atom. The molecule has 0 saturated carbocycles. The van der Waals surface area contributed by atoms with Crippen molar-refractivity contribution in [2.75, 3.05) is 19.6 Å². The maximum absolute atomic E-state index is 13.6. The summed E-state index contributed by atoms with van der Waals surface area (Å²) >= 11 is 6.04. The van der Waals surface area contributed by atoms with Crippen LogP contribution < -0.4 is 0 Å². The lowest BCUT2D eigenvalue weighted by atomic mass is 9.83. The molecule has 0 spiro atoms. The molecule has 1 heterocycles. The van der Waals surface area contributed by atoms with E-state index in [1.54, 1.807) is 0 Å². The van der Waals surface area contributed by atoms with E-state index >= 15 is 0 Å². The number of nitrogens with zero attached hydrogens (tertiary/aromatic N) is 1. The number of rotatable bonds is 15. The number of quaternary nitrogens is 1. The zero-order valence-corrected chi connectivity index (χ0v) is 23.0. The molecule has 1 aliphatic rings. The van der Waals surface area contributed by atoms with E-state index in [1.807, 2.05) is 0 Å². The predicted octanol–water partition coefficient (Wildman–Crippen LogP) is 8.13. The van der Waals surface area contributed by atoms with Crippen molar-refractivity contribution in [3.63, 3.8) is 0 Å². The summed E-state index contributed by atoms with van der Waals surface area (Å²) in [6.07, 6.45) is 7.80. The number of benzene rings is 2. The fourth-order valence-corrected chi connectivity index (χ4v) is 5.06. The molecule has 0 N–H and O–H groups in total. The molecule has 5 nitrogen and oxygen atoms in total. The molecule has 2 aromatic carbocycles. The van der Waals surface area contributed by atoms with Crippen LogP contribution in [-0.4, -0.2) is 36.0 Å². The van der Waals surface area contributed by atoms with Crippen molar-refractivity contribution >= 4 is 23.4 Å². The van der Waals surface area contributed by atoms with Crippen LogP contribution >= 0.6 is 11.6 Å². The van der Waals surface area contributed by atoms with Crippen LogP contribution in [0, 0.1) is 11.0 Å². The first-order valence-corrected chi connectivity index (χ1v) is 14.1. The molecule has 2 aromatic rings. The minimum atomic E-state index is -1.49. The smallest absolute Gasteiger partial charge is 0.306 e. The highest BCUT2D eigenvalue weighted by atomic mass is 35.5. The molecule has 1 fully saturated rings. The van der Waals surface area contributed by atoms with E-state index < -0.39 is 34.1 Å². The van der Waals surface area contributed by atoms with Crippen LogP contribution in [0.25, 0.3) is 0 Å². The van der Waals surface area contributed by atoms with Crippen molar-refractivity contribution in [1.29, 1.82) is 0 Å². The summed E-state index contributed by atoms with van der Waals surface area (Å²) in [4.78, 5) is 25.5. The second-order valence-corrected chi connectivity index (χ2v) is 10.7. The van der Waals surface area contributed by atoms with Crippen molar-refractivity contribution < 1.29 is 28.8 Å². The normalized spacial score (nSPS) is 22.7. The molecule has 7 heteroatoms. The molecule has 1 saturated heterocycles. The first kappa shape index (κ1) is 24.7. The van der Waals surface area contributed by atoms with Gasteiger partial charge in [0.05, 0.1) is 25.1 Å². The van der Waals surface area contributed by atoms with Crippen LogP contribution in [0.3, 0.4) is 0 Å². The number of likely N-dealkylation sites (tertiary alicyclic amines) is 1. The van der Waals surface area contributed by atoms with Crippen LogP contribution in [0.5, 0.6) is 0 Å². The second kappa shape index (κ2) is 14.8. The molecular weight excluding hydrogens is 505 g/mol. The number of carbonyl (C=O) groups excluding carboxylic acids is 2. The zero-order valence-electron chi connectivity index (χ0n) is 26.3. The van der Waals surface area contributed by atoms with Crippen molar-refractivity contribution in [2.24, 2.45) is 0 Å². The third-order valence-electron chi connectivity index (χ3n) is 7.33. The van der Waals surface area contributed by atoms with Gasteiger partial charge in [0.1, 0.15) is 11.4 Å². The van der Waals surface area contributed by atoms with Crippen LogP contribution in [0.1, 0.15) is 105 Å². The lowest BCUT2D eigenvalue weighted by molar-refractivity contribution is -0.888. The quantitative estimate of drug-likeness (QED) is 0.0739. The van der Waals surface area contributed by atoms with Gasteiger partial charge in [0, 0.05) is 42.7 Å². The van der Waals surface area contributed by atoms with Gasteiger partial charge in [0.15, 0.2) is 5.78 Å². The topological polar surface area (TPSA) is 66.4 Å². The molecule has 0 atom stereocenters. The summed E-state index contributed by atoms with van der Waals surface area (Å²) in [6, 6.07) is 3.69. The Hall–Kier alpha value is -2.28. The van der Waals surface area contributed by atoms with E-state index in [0.29, 0.717) is 18.4 Å². The van der Waals surface area contributed by atoms with Gasteiger partial charge in [-0.1, -0.05) is 69.1 Å². The predicted molar refractivity (Wildman–Crippen MR) is 149 cm³/mol. The van der Waals surface area contributed by atoms with Gasteiger partial charge in [-0.15, -0.1) is 0 Å². The number of ketones is 1. The molecule has 38 heavy (non-hydrogen) atoms. The summed E-state index contributed by atoms with van der Waals surface area (Å²) in [6.45, 7) is 2.32. The Bertz CT molecular complexity index is 1210. The molecule has 0 aliphatic carbocycles. The van der Waals surface area contributed by atoms with Crippen molar-refractivity contribution in [3.05, 3.63) is 75.6 Å². The van der Waals surface area contributed by atoms with Crippen molar-refractivity contribution in [2.45, 2.75) is 89.6 Å². The largest absolute Gasteiger partial charge is 0.633 e. The van der Waals surface area contributed by atoms with Gasteiger partial charge in [-0.3, -0.25) is 9.59 Å². The molecule has 0 amide bonds. The van der Waals surface area contributed by atoms with Crippen molar-refractivity contribution in [3.8, 4) is 0 Å². The van der Waals surface area contributed by atoms with Gasteiger partial charge >= 0.3 is 5.97 Å². The van der Waals surface area contributed by atoms with Crippen LogP contribution in [0.4, 0.5) is 4.39 Å². The molecule has 0 unspecified atom stereocenters. The van der Waals surface area contributed by atoms with E-state index in [2.05, 4.69) is 6.92 Å². The molecule has 208 valence electrons. The number of Topliss-reactive ketones (excluding diaryl/α,β-unsaturated/α-hetero) is 1. The minimum absolute atomic E-state index is 0.0115. The number of ether oxygens (including phenoxy) is 1. The number of carbonyl (C=O) groups is 2. The molecular formula is C31H41ClFNO4. The fourth-order valence-electron chi connectivity index (χ4n) is 4.96. The van der Waals surface area contributed by atoms with E-state index in [1.165, 1.54) is 37.1 Å². The number of unbranched alkanes of at least 4 members (excludes halogenated alkanes) is 6. The fraction of sp³-hybridized carbons (Fsp3) is 0.548. The molecule has 1 aliphatic heterocycles. The van der Waals surface area contributed by atoms with Crippen molar-refractivity contribution in [1.82, 2.24) is 0 Å². The molecule has 0 aromatic heterocycles. The Kier molecular flexibility index (Phi) is 9.61. The SMILES string of the molecule is [2H]c1c([2H])c(C2(OC(=O)CCCCCCCCC)CC[N+]([O-])(CCCC(=O)c3ccc(F)cc3)CC2)c([2H])c([2H])c1Cl. The van der Waals surface area contributed by atoms with Gasteiger partial charge in [-0.2, -0.15) is 0 Å². The van der Waals surface area contributed by atoms with Crippen LogP contribution in [-0.2, 0) is 15.1 Å². The number of halogens is 2. The highest BCUT2D eigenvalue weighted by Gasteiger charge is 2.43. The maximum atomic E-state index is 13.6. The van der Waals surface area contributed by atoms with Crippen LogP contribution in [0.2, 0.25) is 5.02 Å². The van der Waals surface area contributed by atoms with Gasteiger partial charge < -0.3 is 14.6 Å². The van der Waals surface area contributed by atoms with Gasteiger partial charge in [0.2, 0.25) is 0 Å². The van der Waals surface area contributed by atoms with Gasteiger partial charge in [-0.05, 0) is 48.3 Å². The van der Waals surface area contributed by atoms with E-state index in [4.69, 9.17) is 21.8 Å². The third kappa shape index (κ3) is 9.18. The molecule has 0 radical (unpaired) electrons. The zero-order chi connectivity index (χ0) is 30.9. The first-order chi connectivity index (χ1) is 19.9. The van der Waals surface area contributed by atoms with E-state index in [9.17, 15) is 19.2 Å². The number of hydrogen-bond donors (Lipinski definition) is 0. The van der Waals surface area contributed by atoms with Gasteiger partial charge in [-0.25, -0.2) is 4.39 Å². The molecule has 3 rings (SSSR count). The monoisotopic (exact) mass is 549 g/mol. The average molecular weight is 550 g/mol. The Morgan fingerprint density at radius 2 is 1.58 bits per heavy atom. The summed E-state index contributed by atoms with van der Waals surface area (Å²) in [5.41, 5.74) is -1.16. The van der Waals surface area contributed by atoms with E-state index in [0.717, 1.165) is 25.7 Å². The lowest BCUT2D eigenvalue weighted by Gasteiger charge is -2.51. The highest BCUT2D eigenvalue weighted by molar-refractivity contribution is 6.30. The Morgan fingerprint density at radius 1 is 0.974 bits per heavy atom. The summed E-state index contributed by atoms with van der Waals surface area (Å²) in [7, 11) is 0. The summed E-state index contributed by atoms with van der Waals surface area (Å²) in [5, 5.41) is 13.3.